The van der Waals surface area contributed by atoms with Crippen LogP contribution in [0.4, 0.5) is 0 Å². The van der Waals surface area contributed by atoms with Gasteiger partial charge in [0.1, 0.15) is 0 Å². The SMILES string of the molecule is CCC1/C(c2cccc(-c3ccccc3)c2)=C/CC(C)/C(c2cc(C3CCc4cc5ccccc5cc4-c4cc5ccccc5cc43)cc3sc4c5ccccc5ccc4c23)=N\C1c1ccccc1. The van der Waals surface area contributed by atoms with Crippen molar-refractivity contribution in [3.05, 3.63) is 246 Å². The van der Waals surface area contributed by atoms with Gasteiger partial charge < -0.3 is 0 Å². The average molecular weight is 904 g/mol. The van der Waals surface area contributed by atoms with Gasteiger partial charge >= 0.3 is 0 Å². The lowest BCUT2D eigenvalue weighted by molar-refractivity contribution is 0.514. The van der Waals surface area contributed by atoms with Crippen molar-refractivity contribution in [2.45, 2.75) is 51.5 Å². The van der Waals surface area contributed by atoms with E-state index in [0.29, 0.717) is 0 Å². The molecule has 11 aromatic rings. The van der Waals surface area contributed by atoms with Crippen molar-refractivity contribution in [3.8, 4) is 22.3 Å². The number of allylic oxidation sites excluding steroid dienone is 1. The highest BCUT2D eigenvalue weighted by Gasteiger charge is 2.32. The first-order chi connectivity index (χ1) is 34.1. The first kappa shape index (κ1) is 41.8. The molecule has 13 rings (SSSR count). The molecule has 2 heterocycles. The van der Waals surface area contributed by atoms with Crippen molar-refractivity contribution in [1.82, 2.24) is 0 Å². The Kier molecular flexibility index (Phi) is 10.5. The van der Waals surface area contributed by atoms with Crippen molar-refractivity contribution in [3.63, 3.8) is 0 Å². The molecule has 4 unspecified atom stereocenters. The third-order valence-corrected chi connectivity index (χ3v) is 16.7. The number of aliphatic imine (C=N–C) groups is 1. The first-order valence-corrected chi connectivity index (χ1v) is 25.8. The molecule has 0 bridgehead atoms. The monoisotopic (exact) mass is 903 g/mol. The minimum atomic E-state index is -0.0707. The van der Waals surface area contributed by atoms with E-state index in [1.807, 2.05) is 11.3 Å². The lowest BCUT2D eigenvalue weighted by Crippen LogP contribution is -2.22. The van der Waals surface area contributed by atoms with Crippen molar-refractivity contribution >= 4 is 75.1 Å². The second kappa shape index (κ2) is 17.3. The summed E-state index contributed by atoms with van der Waals surface area (Å²) in [6.07, 6.45) is 6.49. The molecule has 2 heteroatoms. The van der Waals surface area contributed by atoms with E-state index in [2.05, 4.69) is 226 Å². The fraction of sp³-hybridized carbons (Fsp3) is 0.149. The molecule has 10 aromatic carbocycles. The van der Waals surface area contributed by atoms with E-state index in [9.17, 15) is 0 Å². The number of nitrogens with zero attached hydrogens (tertiary/aromatic N) is 1. The van der Waals surface area contributed by atoms with Crippen LogP contribution in [0.5, 0.6) is 0 Å². The Morgan fingerprint density at radius 1 is 0.522 bits per heavy atom. The van der Waals surface area contributed by atoms with Gasteiger partial charge in [-0.25, -0.2) is 0 Å². The van der Waals surface area contributed by atoms with Gasteiger partial charge in [-0.15, -0.1) is 11.3 Å². The number of aryl methyl sites for hydroxylation is 1. The van der Waals surface area contributed by atoms with E-state index < -0.39 is 0 Å². The summed E-state index contributed by atoms with van der Waals surface area (Å²) < 4.78 is 2.70. The Morgan fingerprint density at radius 3 is 1.94 bits per heavy atom. The fourth-order valence-electron chi connectivity index (χ4n) is 12.1. The minimum Gasteiger partial charge on any atom is -0.280 e. The molecule has 0 saturated carbocycles. The zero-order valence-corrected chi connectivity index (χ0v) is 40.0. The molecule has 0 spiro atoms. The Hall–Kier alpha value is -7.39. The smallest absolute Gasteiger partial charge is 0.0821 e. The first-order valence-electron chi connectivity index (χ1n) is 25.0. The van der Waals surface area contributed by atoms with Crippen LogP contribution in [0.3, 0.4) is 0 Å². The van der Waals surface area contributed by atoms with Crippen LogP contribution in [0.15, 0.2) is 217 Å². The van der Waals surface area contributed by atoms with Crippen LogP contribution in [0.2, 0.25) is 0 Å². The lowest BCUT2D eigenvalue weighted by atomic mass is 9.77. The zero-order valence-electron chi connectivity index (χ0n) is 39.2. The molecule has 69 heavy (non-hydrogen) atoms. The van der Waals surface area contributed by atoms with Gasteiger partial charge in [-0.2, -0.15) is 0 Å². The van der Waals surface area contributed by atoms with Gasteiger partial charge in [0.05, 0.1) is 6.04 Å². The van der Waals surface area contributed by atoms with Crippen molar-refractivity contribution < 1.29 is 0 Å². The molecule has 0 saturated heterocycles. The normalized spacial score (nSPS) is 19.9. The molecule has 0 N–H and O–H groups in total. The van der Waals surface area contributed by atoms with E-state index in [4.69, 9.17) is 4.99 Å². The number of hydrogen-bond donors (Lipinski definition) is 0. The summed E-state index contributed by atoms with van der Waals surface area (Å²) in [6, 6.07) is 77.7. The molecule has 0 amide bonds. The molecule has 1 aliphatic heterocycles. The number of thiophene rings is 1. The molecule has 4 atom stereocenters. The van der Waals surface area contributed by atoms with Crippen LogP contribution in [0, 0.1) is 11.8 Å². The number of hydrogen-bond acceptors (Lipinski definition) is 2. The van der Waals surface area contributed by atoms with Crippen LogP contribution in [0.25, 0.3) is 80.3 Å². The van der Waals surface area contributed by atoms with Crippen molar-refractivity contribution in [1.29, 1.82) is 0 Å². The predicted molar refractivity (Wildman–Crippen MR) is 297 cm³/mol. The van der Waals surface area contributed by atoms with Crippen LogP contribution >= 0.6 is 11.3 Å². The Labute approximate surface area is 409 Å². The van der Waals surface area contributed by atoms with E-state index in [1.165, 1.54) is 119 Å². The third-order valence-electron chi connectivity index (χ3n) is 15.5. The maximum Gasteiger partial charge on any atom is 0.0821 e. The maximum absolute atomic E-state index is 6.20. The average Bonchev–Trinajstić information content (AvgIpc) is 3.72. The molecule has 2 aliphatic rings. The maximum atomic E-state index is 6.20. The van der Waals surface area contributed by atoms with Gasteiger partial charge in [-0.3, -0.25) is 4.99 Å². The van der Waals surface area contributed by atoms with Gasteiger partial charge in [-0.1, -0.05) is 190 Å². The van der Waals surface area contributed by atoms with Crippen LogP contribution in [0.1, 0.15) is 78.5 Å². The molecule has 1 aromatic heterocycles. The van der Waals surface area contributed by atoms with Gasteiger partial charge in [0.2, 0.25) is 0 Å². The standard InChI is InChI=1S/C67H53NS/c1-3-54-55(51-27-16-26-46(35-51)43-17-6-4-7-18-43)32-29-42(2)65(68-66(54)45-20-8-5-9-21-45)62-40-53(41-63-64(62)58-34-30-44-19-14-15-28-57(44)67(58)69-63)56-33-31-52-36-47-22-10-11-23-48(47)37-59(52)61-39-50-25-13-12-24-49(50)38-60(56)61/h4-28,30,32,34-42,54,56,66H,3,29,31,33H2,1-2H3/b55-32+,68-65+. The van der Waals surface area contributed by atoms with Gasteiger partial charge in [-0.05, 0) is 150 Å². The van der Waals surface area contributed by atoms with Crippen molar-refractivity contribution in [2.75, 3.05) is 0 Å². The summed E-state index contributed by atoms with van der Waals surface area (Å²) in [7, 11) is 0. The highest BCUT2D eigenvalue weighted by atomic mass is 32.1. The fourth-order valence-corrected chi connectivity index (χ4v) is 13.4. The number of benzene rings is 10. The van der Waals surface area contributed by atoms with Crippen LogP contribution in [-0.4, -0.2) is 5.71 Å². The highest BCUT2D eigenvalue weighted by molar-refractivity contribution is 7.26. The summed E-state index contributed by atoms with van der Waals surface area (Å²) in [4.78, 5) is 6.20. The lowest BCUT2D eigenvalue weighted by Gasteiger charge is -2.32. The topological polar surface area (TPSA) is 12.4 Å². The predicted octanol–water partition coefficient (Wildman–Crippen LogP) is 18.6. The van der Waals surface area contributed by atoms with Gasteiger partial charge in [0.25, 0.3) is 0 Å². The van der Waals surface area contributed by atoms with Gasteiger partial charge in [0, 0.05) is 49.2 Å². The largest absolute Gasteiger partial charge is 0.280 e. The summed E-state index contributed by atoms with van der Waals surface area (Å²) in [6.45, 7) is 4.79. The number of rotatable bonds is 6. The van der Waals surface area contributed by atoms with E-state index in [1.54, 1.807) is 0 Å². The Morgan fingerprint density at radius 2 is 1.17 bits per heavy atom. The highest BCUT2D eigenvalue weighted by Crippen LogP contribution is 2.49. The molecular weight excluding hydrogens is 851 g/mol. The molecule has 0 radical (unpaired) electrons. The van der Waals surface area contributed by atoms with Crippen molar-refractivity contribution in [2.24, 2.45) is 16.8 Å². The molecule has 332 valence electrons. The van der Waals surface area contributed by atoms with E-state index in [0.717, 1.165) is 25.7 Å². The second-order valence-corrected chi connectivity index (χ2v) is 20.6. The Bertz CT molecular complexity index is 3840. The third kappa shape index (κ3) is 7.32. The molecule has 1 nitrogen and oxygen atoms in total. The van der Waals surface area contributed by atoms with E-state index >= 15 is 0 Å². The van der Waals surface area contributed by atoms with Gasteiger partial charge in [0.15, 0.2) is 0 Å². The Balaban J connectivity index is 1.04. The summed E-state index contributed by atoms with van der Waals surface area (Å²) >= 11 is 1.97. The second-order valence-electron chi connectivity index (χ2n) is 19.6. The van der Waals surface area contributed by atoms with Crippen LogP contribution < -0.4 is 0 Å². The van der Waals surface area contributed by atoms with Crippen LogP contribution in [-0.2, 0) is 6.42 Å². The van der Waals surface area contributed by atoms with E-state index in [-0.39, 0.29) is 23.8 Å². The minimum absolute atomic E-state index is 0.0707. The number of fused-ring (bicyclic) bond motifs is 10. The molecular formula is C67H53NS. The molecule has 0 fully saturated rings. The summed E-state index contributed by atoms with van der Waals surface area (Å²) in [5.41, 5.74) is 16.0. The quantitative estimate of drug-likeness (QED) is 0.158. The summed E-state index contributed by atoms with van der Waals surface area (Å²) in [5.74, 6) is 0.530. The summed E-state index contributed by atoms with van der Waals surface area (Å²) in [5, 5.41) is 10.5. The molecule has 1 aliphatic carbocycles. The zero-order chi connectivity index (χ0) is 46.0.